The van der Waals surface area contributed by atoms with E-state index in [2.05, 4.69) is 5.43 Å². The van der Waals surface area contributed by atoms with Gasteiger partial charge in [0.1, 0.15) is 6.04 Å². The fourth-order valence-electron chi connectivity index (χ4n) is 1.82. The number of aliphatic hydroxyl groups is 2. The number of carbonyl (C=O) groups excluding carboxylic acids is 1. The van der Waals surface area contributed by atoms with Crippen molar-refractivity contribution < 1.29 is 15.0 Å². The molecule has 1 aliphatic rings. The molecule has 17 heavy (non-hydrogen) atoms. The maximum atomic E-state index is 11.6. The van der Waals surface area contributed by atoms with Gasteiger partial charge in [-0.05, 0) is 24.6 Å². The van der Waals surface area contributed by atoms with Crippen LogP contribution in [0.1, 0.15) is 18.5 Å². The van der Waals surface area contributed by atoms with Gasteiger partial charge in [-0.15, -0.1) is 0 Å². The minimum atomic E-state index is -2.43. The molecular formula is C11H13ClN2O3. The maximum Gasteiger partial charge on any atom is 0.298 e. The van der Waals surface area contributed by atoms with Gasteiger partial charge in [0, 0.05) is 11.6 Å². The van der Waals surface area contributed by atoms with Crippen LogP contribution in [0.2, 0.25) is 5.02 Å². The number of carbonyl (C=O) groups is 1. The third-order valence-electron chi connectivity index (χ3n) is 2.77. The summed E-state index contributed by atoms with van der Waals surface area (Å²) in [6, 6.07) is 5.68. The van der Waals surface area contributed by atoms with E-state index in [1.807, 2.05) is 0 Å². The minimum Gasteiger partial charge on any atom is -0.357 e. The Morgan fingerprint density at radius 1 is 1.41 bits per heavy atom. The molecule has 6 heteroatoms. The van der Waals surface area contributed by atoms with Gasteiger partial charge in [0.15, 0.2) is 0 Å². The largest absolute Gasteiger partial charge is 0.357 e. The molecule has 0 spiro atoms. The summed E-state index contributed by atoms with van der Waals surface area (Å²) in [4.78, 5) is 11.6. The van der Waals surface area contributed by atoms with Crippen LogP contribution in [0.5, 0.6) is 0 Å². The van der Waals surface area contributed by atoms with Crippen LogP contribution in [0.3, 0.4) is 0 Å². The molecule has 0 bridgehead atoms. The van der Waals surface area contributed by atoms with Crippen LogP contribution in [0.4, 0.5) is 0 Å². The Kier molecular flexibility index (Phi) is 3.09. The van der Waals surface area contributed by atoms with Crippen LogP contribution in [0, 0.1) is 0 Å². The molecule has 0 saturated carbocycles. The highest BCUT2D eigenvalue weighted by Crippen LogP contribution is 2.31. The van der Waals surface area contributed by atoms with Gasteiger partial charge in [0.2, 0.25) is 0 Å². The van der Waals surface area contributed by atoms with E-state index >= 15 is 0 Å². The Hall–Kier alpha value is -1.14. The predicted octanol–water partition coefficient (Wildman–Crippen LogP) is 0.429. The third kappa shape index (κ3) is 2.02. The number of nitrogens with zero attached hydrogens (tertiary/aromatic N) is 1. The SMILES string of the molecule is CCN1NC(c2ccc(Cl)cc2)C(O)(O)C1=O. The topological polar surface area (TPSA) is 72.8 Å². The second-order valence-electron chi connectivity index (χ2n) is 3.89. The molecule has 1 heterocycles. The molecule has 1 amide bonds. The standard InChI is InChI=1S/C11H13ClN2O3/c1-2-14-10(15)11(16,17)9(13-14)7-3-5-8(12)6-4-7/h3-6,9,13,16-17H,2H2,1H3. The van der Waals surface area contributed by atoms with Crippen molar-refractivity contribution in [3.05, 3.63) is 34.9 Å². The van der Waals surface area contributed by atoms with Gasteiger partial charge in [-0.25, -0.2) is 5.43 Å². The van der Waals surface area contributed by atoms with E-state index in [0.29, 0.717) is 17.1 Å². The molecule has 1 saturated heterocycles. The van der Waals surface area contributed by atoms with Crippen molar-refractivity contribution in [3.63, 3.8) is 0 Å². The molecule has 0 aliphatic carbocycles. The number of hydrogen-bond donors (Lipinski definition) is 3. The molecule has 1 aromatic rings. The average molecular weight is 257 g/mol. The van der Waals surface area contributed by atoms with Gasteiger partial charge in [0.25, 0.3) is 11.7 Å². The van der Waals surface area contributed by atoms with Crippen LogP contribution in [-0.4, -0.2) is 33.5 Å². The molecule has 1 aromatic carbocycles. The first-order chi connectivity index (χ1) is 7.96. The highest BCUT2D eigenvalue weighted by atomic mass is 35.5. The Morgan fingerprint density at radius 2 is 2.00 bits per heavy atom. The number of nitrogens with one attached hydrogen (secondary N) is 1. The summed E-state index contributed by atoms with van der Waals surface area (Å²) in [5.41, 5.74) is 3.34. The van der Waals surface area contributed by atoms with E-state index in [1.54, 1.807) is 31.2 Å². The summed E-state index contributed by atoms with van der Waals surface area (Å²) in [7, 11) is 0. The zero-order valence-electron chi connectivity index (χ0n) is 9.22. The molecule has 1 fully saturated rings. The van der Waals surface area contributed by atoms with Crippen molar-refractivity contribution in [1.29, 1.82) is 0 Å². The Morgan fingerprint density at radius 3 is 2.47 bits per heavy atom. The van der Waals surface area contributed by atoms with E-state index in [9.17, 15) is 15.0 Å². The zero-order chi connectivity index (χ0) is 12.6. The minimum absolute atomic E-state index is 0.353. The van der Waals surface area contributed by atoms with Crippen LogP contribution < -0.4 is 5.43 Å². The molecule has 0 aromatic heterocycles. The van der Waals surface area contributed by atoms with Crippen LogP contribution >= 0.6 is 11.6 Å². The lowest BCUT2D eigenvalue weighted by atomic mass is 10.0. The van der Waals surface area contributed by atoms with Gasteiger partial charge in [-0.1, -0.05) is 23.7 Å². The molecule has 3 N–H and O–H groups in total. The number of halogens is 1. The fourth-order valence-corrected chi connectivity index (χ4v) is 1.95. The molecule has 2 rings (SSSR count). The summed E-state index contributed by atoms with van der Waals surface area (Å²) < 4.78 is 0. The van der Waals surface area contributed by atoms with E-state index in [4.69, 9.17) is 11.6 Å². The summed E-state index contributed by atoms with van der Waals surface area (Å²) in [5.74, 6) is -3.18. The molecule has 1 unspecified atom stereocenters. The van der Waals surface area contributed by atoms with Crippen molar-refractivity contribution in [2.75, 3.05) is 6.54 Å². The number of benzene rings is 1. The van der Waals surface area contributed by atoms with E-state index in [-0.39, 0.29) is 0 Å². The zero-order valence-corrected chi connectivity index (χ0v) is 9.98. The lowest BCUT2D eigenvalue weighted by molar-refractivity contribution is -0.186. The lowest BCUT2D eigenvalue weighted by Gasteiger charge is -2.20. The first-order valence-corrected chi connectivity index (χ1v) is 5.63. The number of hydrogen-bond acceptors (Lipinski definition) is 4. The summed E-state index contributed by atoms with van der Waals surface area (Å²) in [6.45, 7) is 2.09. The highest BCUT2D eigenvalue weighted by molar-refractivity contribution is 6.30. The average Bonchev–Trinajstić information content (AvgIpc) is 2.53. The van der Waals surface area contributed by atoms with E-state index in [1.165, 1.54) is 5.01 Å². The number of hydrazine groups is 1. The van der Waals surface area contributed by atoms with Crippen molar-refractivity contribution in [1.82, 2.24) is 10.4 Å². The molecule has 0 radical (unpaired) electrons. The normalized spacial score (nSPS) is 23.2. The third-order valence-corrected chi connectivity index (χ3v) is 3.02. The number of amides is 1. The van der Waals surface area contributed by atoms with Crippen LogP contribution in [-0.2, 0) is 4.79 Å². The second kappa shape index (κ2) is 4.27. The lowest BCUT2D eigenvalue weighted by Crippen LogP contribution is -2.42. The summed E-state index contributed by atoms with van der Waals surface area (Å²) in [6.07, 6.45) is 0. The van der Waals surface area contributed by atoms with Crippen molar-refractivity contribution in [3.8, 4) is 0 Å². The predicted molar refractivity (Wildman–Crippen MR) is 61.9 cm³/mol. The van der Waals surface area contributed by atoms with Gasteiger partial charge < -0.3 is 10.2 Å². The van der Waals surface area contributed by atoms with Crippen LogP contribution in [0.15, 0.2) is 24.3 Å². The molecular weight excluding hydrogens is 244 g/mol. The molecule has 92 valence electrons. The fraction of sp³-hybridized carbons (Fsp3) is 0.364. The maximum absolute atomic E-state index is 11.6. The van der Waals surface area contributed by atoms with Gasteiger partial charge in [-0.3, -0.25) is 9.80 Å². The second-order valence-corrected chi connectivity index (χ2v) is 4.33. The first-order valence-electron chi connectivity index (χ1n) is 5.25. The van der Waals surface area contributed by atoms with Crippen molar-refractivity contribution in [2.45, 2.75) is 18.8 Å². The Bertz CT molecular complexity index is 433. The molecule has 1 aliphatic heterocycles. The van der Waals surface area contributed by atoms with Crippen molar-refractivity contribution >= 4 is 17.5 Å². The summed E-state index contributed by atoms with van der Waals surface area (Å²) in [5, 5.41) is 21.4. The van der Waals surface area contributed by atoms with Gasteiger partial charge >= 0.3 is 0 Å². The quantitative estimate of drug-likeness (QED) is 0.671. The Balaban J connectivity index is 2.33. The number of rotatable bonds is 2. The van der Waals surface area contributed by atoms with Gasteiger partial charge in [-0.2, -0.15) is 0 Å². The van der Waals surface area contributed by atoms with Gasteiger partial charge in [0.05, 0.1) is 0 Å². The molecule has 1 atom stereocenters. The monoisotopic (exact) mass is 256 g/mol. The molecule has 5 nitrogen and oxygen atoms in total. The number of likely N-dealkylation sites (N-methyl/N-ethyl adjacent to an activating group) is 1. The van der Waals surface area contributed by atoms with Crippen molar-refractivity contribution in [2.24, 2.45) is 0 Å². The van der Waals surface area contributed by atoms with Crippen LogP contribution in [0.25, 0.3) is 0 Å². The first kappa shape index (κ1) is 12.3. The highest BCUT2D eigenvalue weighted by Gasteiger charge is 2.52. The van der Waals surface area contributed by atoms with E-state index < -0.39 is 17.7 Å². The van der Waals surface area contributed by atoms with E-state index in [0.717, 1.165) is 0 Å². The Labute approximate surface area is 104 Å². The summed E-state index contributed by atoms with van der Waals surface area (Å²) >= 11 is 5.75. The smallest absolute Gasteiger partial charge is 0.298 e.